The summed E-state index contributed by atoms with van der Waals surface area (Å²) < 4.78 is 20.5. The van der Waals surface area contributed by atoms with Gasteiger partial charge in [-0.25, -0.2) is 4.39 Å². The first-order valence-corrected chi connectivity index (χ1v) is 11.3. The molecule has 7 atom stereocenters. The zero-order valence-corrected chi connectivity index (χ0v) is 17.9. The molecule has 0 aromatic heterocycles. The van der Waals surface area contributed by atoms with Crippen molar-refractivity contribution in [3.05, 3.63) is 11.1 Å². The van der Waals surface area contributed by atoms with Gasteiger partial charge >= 0.3 is 5.97 Å². The number of allylic oxidation sites excluding steroid dienone is 1. The van der Waals surface area contributed by atoms with E-state index >= 15 is 0 Å². The maximum absolute atomic E-state index is 14.8. The molecule has 0 amide bonds. The van der Waals surface area contributed by atoms with Crippen molar-refractivity contribution in [2.24, 2.45) is 28.6 Å². The number of rotatable bonds is 3. The standard InChI is InChI=1S/C24H35FO3/c1-5-19(25)22-18-7-6-15-16-8-9-21(28-14(2)26)24(16,4)12-10-17(15)23(18,3)13-11-20(22)27/h15-17,19,21H,5-13H2,1-4H3/t15-,16-,17-,19?,21-,23+,24-/m0/s1. The number of hydrogen-bond acceptors (Lipinski definition) is 3. The van der Waals surface area contributed by atoms with Crippen LogP contribution in [-0.4, -0.2) is 24.0 Å². The Hall–Kier alpha value is -1.19. The van der Waals surface area contributed by atoms with Crippen molar-refractivity contribution in [3.63, 3.8) is 0 Å². The smallest absolute Gasteiger partial charge is 0.302 e. The molecule has 0 heterocycles. The van der Waals surface area contributed by atoms with Crippen LogP contribution in [0.25, 0.3) is 0 Å². The minimum absolute atomic E-state index is 0.0352. The number of esters is 1. The number of halogens is 1. The van der Waals surface area contributed by atoms with Gasteiger partial charge < -0.3 is 4.74 Å². The summed E-state index contributed by atoms with van der Waals surface area (Å²) in [5.41, 5.74) is 1.72. The summed E-state index contributed by atoms with van der Waals surface area (Å²) >= 11 is 0. The lowest BCUT2D eigenvalue weighted by atomic mass is 9.46. The molecular formula is C24H35FO3. The van der Waals surface area contributed by atoms with E-state index in [-0.39, 0.29) is 28.7 Å². The number of alkyl halides is 1. The molecule has 3 saturated carbocycles. The highest BCUT2D eigenvalue weighted by atomic mass is 19.1. The first kappa shape index (κ1) is 20.1. The third-order valence-corrected chi connectivity index (χ3v) is 9.06. The third kappa shape index (κ3) is 2.81. The highest BCUT2D eigenvalue weighted by molar-refractivity contribution is 5.98. The van der Waals surface area contributed by atoms with Gasteiger partial charge in [0.1, 0.15) is 12.3 Å². The van der Waals surface area contributed by atoms with Crippen LogP contribution in [0.3, 0.4) is 0 Å². The third-order valence-electron chi connectivity index (χ3n) is 9.06. The summed E-state index contributed by atoms with van der Waals surface area (Å²) in [6.45, 7) is 7.99. The van der Waals surface area contributed by atoms with E-state index in [4.69, 9.17) is 4.74 Å². The molecule has 4 aliphatic carbocycles. The van der Waals surface area contributed by atoms with Crippen LogP contribution in [0.4, 0.5) is 4.39 Å². The maximum Gasteiger partial charge on any atom is 0.302 e. The molecule has 0 radical (unpaired) electrons. The minimum Gasteiger partial charge on any atom is -0.462 e. The normalized spacial score (nSPS) is 43.8. The molecule has 0 aliphatic heterocycles. The summed E-state index contributed by atoms with van der Waals surface area (Å²) in [7, 11) is 0. The number of ether oxygens (including phenoxy) is 1. The lowest BCUT2D eigenvalue weighted by molar-refractivity contribution is -0.157. The Morgan fingerprint density at radius 3 is 2.57 bits per heavy atom. The van der Waals surface area contributed by atoms with E-state index in [1.165, 1.54) is 6.92 Å². The average Bonchev–Trinajstić information content (AvgIpc) is 2.97. The van der Waals surface area contributed by atoms with Gasteiger partial charge in [0.2, 0.25) is 0 Å². The summed E-state index contributed by atoms with van der Waals surface area (Å²) in [4.78, 5) is 24.2. The highest BCUT2D eigenvalue weighted by Gasteiger charge is 2.60. The topological polar surface area (TPSA) is 43.4 Å². The predicted molar refractivity (Wildman–Crippen MR) is 106 cm³/mol. The average molecular weight is 391 g/mol. The molecule has 0 aromatic rings. The Labute approximate surface area is 168 Å². The van der Waals surface area contributed by atoms with Crippen LogP contribution in [-0.2, 0) is 14.3 Å². The van der Waals surface area contributed by atoms with Gasteiger partial charge in [-0.15, -0.1) is 0 Å². The summed E-state index contributed by atoms with van der Waals surface area (Å²) in [6, 6.07) is 0. The first-order chi connectivity index (χ1) is 13.2. The second kappa shape index (κ2) is 6.95. The van der Waals surface area contributed by atoms with E-state index in [1.54, 1.807) is 0 Å². The molecule has 4 aliphatic rings. The Bertz CT molecular complexity index is 713. The number of fused-ring (bicyclic) bond motifs is 5. The molecule has 156 valence electrons. The van der Waals surface area contributed by atoms with Crippen molar-refractivity contribution in [2.45, 2.75) is 97.8 Å². The van der Waals surface area contributed by atoms with Crippen molar-refractivity contribution >= 4 is 11.8 Å². The van der Waals surface area contributed by atoms with Gasteiger partial charge in [0.15, 0.2) is 5.78 Å². The molecule has 0 spiro atoms. The summed E-state index contributed by atoms with van der Waals surface area (Å²) in [5, 5.41) is 0. The van der Waals surface area contributed by atoms with Crippen LogP contribution in [0, 0.1) is 28.6 Å². The van der Waals surface area contributed by atoms with Gasteiger partial charge in [0.05, 0.1) is 0 Å². The fraction of sp³-hybridized carbons (Fsp3) is 0.833. The molecule has 4 heteroatoms. The Kier molecular flexibility index (Phi) is 4.99. The van der Waals surface area contributed by atoms with Gasteiger partial charge in [-0.1, -0.05) is 26.3 Å². The molecular weight excluding hydrogens is 355 g/mol. The second-order valence-electron chi connectivity index (χ2n) is 10.2. The Morgan fingerprint density at radius 1 is 1.14 bits per heavy atom. The fourth-order valence-corrected chi connectivity index (χ4v) is 7.67. The van der Waals surface area contributed by atoms with Crippen molar-refractivity contribution < 1.29 is 18.7 Å². The van der Waals surface area contributed by atoms with E-state index in [0.717, 1.165) is 50.5 Å². The Balaban J connectivity index is 1.67. The van der Waals surface area contributed by atoms with E-state index in [9.17, 15) is 14.0 Å². The van der Waals surface area contributed by atoms with Crippen molar-refractivity contribution in [1.82, 2.24) is 0 Å². The van der Waals surface area contributed by atoms with Crippen LogP contribution < -0.4 is 0 Å². The maximum atomic E-state index is 14.8. The van der Waals surface area contributed by atoms with Gasteiger partial charge in [0, 0.05) is 24.3 Å². The molecule has 0 N–H and O–H groups in total. The highest BCUT2D eigenvalue weighted by Crippen LogP contribution is 2.66. The second-order valence-corrected chi connectivity index (χ2v) is 10.2. The zero-order valence-electron chi connectivity index (χ0n) is 17.9. The summed E-state index contributed by atoms with van der Waals surface area (Å²) in [6.07, 6.45) is 6.87. The molecule has 1 unspecified atom stereocenters. The number of ketones is 1. The number of carbonyl (C=O) groups excluding carboxylic acids is 2. The lowest BCUT2D eigenvalue weighted by Gasteiger charge is -2.58. The van der Waals surface area contributed by atoms with Crippen LogP contribution in [0.2, 0.25) is 0 Å². The van der Waals surface area contributed by atoms with E-state index in [2.05, 4.69) is 13.8 Å². The van der Waals surface area contributed by atoms with Gasteiger partial charge in [0.25, 0.3) is 0 Å². The number of Topliss-reactive ketones (excluding diaryl/α,β-unsaturated/α-hetero) is 1. The van der Waals surface area contributed by atoms with Crippen LogP contribution in [0.1, 0.15) is 85.5 Å². The quantitative estimate of drug-likeness (QED) is 0.592. The summed E-state index contributed by atoms with van der Waals surface area (Å²) in [5.74, 6) is 1.58. The van der Waals surface area contributed by atoms with E-state index < -0.39 is 6.17 Å². The lowest BCUT2D eigenvalue weighted by Crippen LogP contribution is -2.52. The SMILES string of the molecule is CCC(F)C1=C2CC[C@H]3[C@@H]4CC[C@H](OC(C)=O)[C@@]4(C)CC[C@@H]3[C@@]2(C)CCC1=O. The fourth-order valence-electron chi connectivity index (χ4n) is 7.67. The van der Waals surface area contributed by atoms with Gasteiger partial charge in [-0.05, 0) is 74.5 Å². The molecule has 3 nitrogen and oxygen atoms in total. The van der Waals surface area contributed by atoms with Crippen LogP contribution in [0.5, 0.6) is 0 Å². The minimum atomic E-state index is -1.10. The van der Waals surface area contributed by atoms with Crippen molar-refractivity contribution in [1.29, 1.82) is 0 Å². The van der Waals surface area contributed by atoms with Crippen LogP contribution >= 0.6 is 0 Å². The molecule has 28 heavy (non-hydrogen) atoms. The van der Waals surface area contributed by atoms with E-state index in [0.29, 0.717) is 36.2 Å². The van der Waals surface area contributed by atoms with Gasteiger partial charge in [-0.3, -0.25) is 9.59 Å². The molecule has 3 fully saturated rings. The first-order valence-electron chi connectivity index (χ1n) is 11.3. The zero-order chi connectivity index (χ0) is 20.3. The number of hydrogen-bond donors (Lipinski definition) is 0. The largest absolute Gasteiger partial charge is 0.462 e. The Morgan fingerprint density at radius 2 is 1.89 bits per heavy atom. The monoisotopic (exact) mass is 390 g/mol. The molecule has 0 saturated heterocycles. The van der Waals surface area contributed by atoms with Crippen molar-refractivity contribution in [3.8, 4) is 0 Å². The van der Waals surface area contributed by atoms with Crippen LogP contribution in [0.15, 0.2) is 11.1 Å². The predicted octanol–water partition coefficient (Wildman–Crippen LogP) is 5.57. The van der Waals surface area contributed by atoms with Crippen molar-refractivity contribution in [2.75, 3.05) is 0 Å². The van der Waals surface area contributed by atoms with E-state index in [1.807, 2.05) is 6.92 Å². The molecule has 0 aromatic carbocycles. The molecule has 4 rings (SSSR count). The molecule has 0 bridgehead atoms. The number of carbonyl (C=O) groups is 2. The van der Waals surface area contributed by atoms with Gasteiger partial charge in [-0.2, -0.15) is 0 Å².